The second-order valence-electron chi connectivity index (χ2n) is 5.83. The van der Waals surface area contributed by atoms with Crippen molar-refractivity contribution in [2.45, 2.75) is 19.9 Å². The fourth-order valence-electron chi connectivity index (χ4n) is 3.47. The Morgan fingerprint density at radius 3 is 2.79 bits per heavy atom. The minimum Gasteiger partial charge on any atom is -0.497 e. The minimum absolute atomic E-state index is 0.695. The lowest BCUT2D eigenvalue weighted by Gasteiger charge is -2.08. The summed E-state index contributed by atoms with van der Waals surface area (Å²) in [6.07, 6.45) is 0.762. The van der Waals surface area contributed by atoms with Crippen LogP contribution in [0.3, 0.4) is 0 Å². The molecule has 0 saturated heterocycles. The first-order chi connectivity index (χ1) is 11.8. The highest BCUT2D eigenvalue weighted by Crippen LogP contribution is 2.34. The summed E-state index contributed by atoms with van der Waals surface area (Å²) in [7, 11) is 1.66. The smallest absolute Gasteiger partial charge is 0.120 e. The molecule has 2 heterocycles. The number of methoxy groups -OCH3 is 1. The molecule has 2 aromatic carbocycles. The summed E-state index contributed by atoms with van der Waals surface area (Å²) in [4.78, 5) is 4.79. The molecule has 1 aliphatic rings. The summed E-state index contributed by atoms with van der Waals surface area (Å²) in [5.41, 5.74) is 5.82. The van der Waals surface area contributed by atoms with E-state index in [0.717, 1.165) is 46.7 Å². The molecule has 4 nitrogen and oxygen atoms in total. The van der Waals surface area contributed by atoms with Crippen molar-refractivity contribution < 1.29 is 4.74 Å². The van der Waals surface area contributed by atoms with Gasteiger partial charge in [-0.05, 0) is 30.7 Å². The maximum atomic E-state index is 9.78. The normalized spacial score (nSPS) is 12.8. The Morgan fingerprint density at radius 2 is 2.08 bits per heavy atom. The number of para-hydroxylation sites is 1. The Hall–Kier alpha value is -3.06. The molecule has 0 atom stereocenters. The van der Waals surface area contributed by atoms with Crippen LogP contribution in [0.25, 0.3) is 10.9 Å². The quantitative estimate of drug-likeness (QED) is 0.726. The van der Waals surface area contributed by atoms with Gasteiger partial charge in [0, 0.05) is 24.4 Å². The van der Waals surface area contributed by atoms with E-state index in [1.54, 1.807) is 7.11 Å². The summed E-state index contributed by atoms with van der Waals surface area (Å²) < 4.78 is 7.52. The van der Waals surface area contributed by atoms with E-state index in [4.69, 9.17) is 9.73 Å². The molecule has 4 heteroatoms. The van der Waals surface area contributed by atoms with Crippen LogP contribution in [0.2, 0.25) is 0 Å². The first kappa shape index (κ1) is 14.5. The van der Waals surface area contributed by atoms with Gasteiger partial charge in [0.2, 0.25) is 0 Å². The fourth-order valence-corrected chi connectivity index (χ4v) is 3.47. The highest BCUT2D eigenvalue weighted by molar-refractivity contribution is 6.11. The highest BCUT2D eigenvalue weighted by atomic mass is 16.5. The predicted octanol–water partition coefficient (Wildman–Crippen LogP) is 4.22. The van der Waals surface area contributed by atoms with Crippen LogP contribution < -0.4 is 4.74 Å². The molecule has 0 saturated carbocycles. The van der Waals surface area contributed by atoms with Gasteiger partial charge in [-0.1, -0.05) is 18.2 Å². The summed E-state index contributed by atoms with van der Waals surface area (Å²) in [5.74, 6) is 0.794. The molecule has 0 unspecified atom stereocenters. The zero-order valence-corrected chi connectivity index (χ0v) is 13.7. The topological polar surface area (TPSA) is 50.3 Å². The molecular weight excluding hydrogens is 298 g/mol. The van der Waals surface area contributed by atoms with E-state index in [1.165, 1.54) is 5.56 Å². The Kier molecular flexibility index (Phi) is 3.35. The van der Waals surface area contributed by atoms with E-state index in [-0.39, 0.29) is 0 Å². The Bertz CT molecular complexity index is 1020. The molecule has 118 valence electrons. The standard InChI is InChI=1S/C20H17N3O/c1-3-23-19-11-14(24-2)8-9-15(19)16(12-21)20(23)18-10-13-6-4-5-7-17(13)22-18/h4-9,11H,3,10H2,1-2H3. The number of aliphatic imine (C=N–C) groups is 1. The van der Waals surface area contributed by atoms with Crippen LogP contribution in [0.5, 0.6) is 5.75 Å². The summed E-state index contributed by atoms with van der Waals surface area (Å²) >= 11 is 0. The van der Waals surface area contributed by atoms with E-state index < -0.39 is 0 Å². The van der Waals surface area contributed by atoms with Gasteiger partial charge in [0.1, 0.15) is 11.8 Å². The van der Waals surface area contributed by atoms with E-state index in [0.29, 0.717) is 5.56 Å². The van der Waals surface area contributed by atoms with Crippen LogP contribution in [0, 0.1) is 11.3 Å². The number of nitriles is 1. The van der Waals surface area contributed by atoms with Gasteiger partial charge in [0.15, 0.2) is 0 Å². The number of fused-ring (bicyclic) bond motifs is 2. The van der Waals surface area contributed by atoms with Crippen molar-refractivity contribution in [3.05, 3.63) is 59.3 Å². The van der Waals surface area contributed by atoms with Crippen molar-refractivity contribution >= 4 is 22.3 Å². The monoisotopic (exact) mass is 315 g/mol. The van der Waals surface area contributed by atoms with Gasteiger partial charge >= 0.3 is 0 Å². The average molecular weight is 315 g/mol. The SMILES string of the molecule is CCn1c(C2=Nc3ccccc3C2)c(C#N)c2ccc(OC)cc21. The lowest BCUT2D eigenvalue weighted by molar-refractivity contribution is 0.415. The molecule has 4 rings (SSSR count). The van der Waals surface area contributed by atoms with E-state index >= 15 is 0 Å². The van der Waals surface area contributed by atoms with Gasteiger partial charge in [0.25, 0.3) is 0 Å². The molecule has 0 aliphatic carbocycles. The molecule has 24 heavy (non-hydrogen) atoms. The largest absolute Gasteiger partial charge is 0.497 e. The zero-order valence-electron chi connectivity index (χ0n) is 13.7. The van der Waals surface area contributed by atoms with Crippen LogP contribution in [-0.4, -0.2) is 17.4 Å². The van der Waals surface area contributed by atoms with Crippen LogP contribution in [-0.2, 0) is 13.0 Å². The van der Waals surface area contributed by atoms with Crippen LogP contribution >= 0.6 is 0 Å². The van der Waals surface area contributed by atoms with Gasteiger partial charge in [-0.25, -0.2) is 0 Å². The Labute approximate surface area is 140 Å². The van der Waals surface area contributed by atoms with Crippen molar-refractivity contribution in [1.29, 1.82) is 5.26 Å². The molecule has 1 aliphatic heterocycles. The van der Waals surface area contributed by atoms with Crippen LogP contribution in [0.15, 0.2) is 47.5 Å². The molecule has 1 aromatic heterocycles. The minimum atomic E-state index is 0.695. The number of aromatic nitrogens is 1. The van der Waals surface area contributed by atoms with Crippen LogP contribution in [0.4, 0.5) is 5.69 Å². The number of benzene rings is 2. The van der Waals surface area contributed by atoms with Crippen molar-refractivity contribution in [3.8, 4) is 11.8 Å². The molecule has 0 radical (unpaired) electrons. The highest BCUT2D eigenvalue weighted by Gasteiger charge is 2.24. The average Bonchev–Trinajstić information content (AvgIpc) is 3.18. The molecule has 0 spiro atoms. The van der Waals surface area contributed by atoms with E-state index in [9.17, 15) is 5.26 Å². The van der Waals surface area contributed by atoms with E-state index in [1.807, 2.05) is 36.4 Å². The molecule has 0 fully saturated rings. The predicted molar refractivity (Wildman–Crippen MR) is 95.2 cm³/mol. The maximum Gasteiger partial charge on any atom is 0.120 e. The van der Waals surface area contributed by atoms with Gasteiger partial charge in [0.05, 0.1) is 35.3 Å². The third-order valence-electron chi connectivity index (χ3n) is 4.58. The van der Waals surface area contributed by atoms with Gasteiger partial charge < -0.3 is 9.30 Å². The first-order valence-corrected chi connectivity index (χ1v) is 8.03. The second kappa shape index (κ2) is 5.54. The lowest BCUT2D eigenvalue weighted by atomic mass is 10.0. The number of nitrogens with zero attached hydrogens (tertiary/aromatic N) is 3. The molecule has 0 amide bonds. The molecular formula is C20H17N3O. The maximum absolute atomic E-state index is 9.78. The number of hydrogen-bond acceptors (Lipinski definition) is 3. The summed E-state index contributed by atoms with van der Waals surface area (Å²) in [5, 5.41) is 10.7. The van der Waals surface area contributed by atoms with E-state index in [2.05, 4.69) is 23.6 Å². The molecule has 3 aromatic rings. The number of hydrogen-bond donors (Lipinski definition) is 0. The fraction of sp³-hybridized carbons (Fsp3) is 0.200. The third-order valence-corrected chi connectivity index (χ3v) is 4.58. The number of ether oxygens (including phenoxy) is 1. The summed E-state index contributed by atoms with van der Waals surface area (Å²) in [6.45, 7) is 2.86. The van der Waals surface area contributed by atoms with Crippen molar-refractivity contribution in [3.63, 3.8) is 0 Å². The van der Waals surface area contributed by atoms with Gasteiger partial charge in [-0.15, -0.1) is 0 Å². The van der Waals surface area contributed by atoms with Gasteiger partial charge in [-0.3, -0.25) is 4.99 Å². The third kappa shape index (κ3) is 2.02. The van der Waals surface area contributed by atoms with Crippen LogP contribution in [0.1, 0.15) is 23.7 Å². The molecule has 0 N–H and O–H groups in total. The number of aryl methyl sites for hydroxylation is 1. The number of rotatable bonds is 3. The van der Waals surface area contributed by atoms with Gasteiger partial charge in [-0.2, -0.15) is 5.26 Å². The van der Waals surface area contributed by atoms with Crippen molar-refractivity contribution in [2.24, 2.45) is 4.99 Å². The summed E-state index contributed by atoms with van der Waals surface area (Å²) in [6, 6.07) is 16.4. The first-order valence-electron chi connectivity index (χ1n) is 8.03. The Morgan fingerprint density at radius 1 is 1.25 bits per heavy atom. The van der Waals surface area contributed by atoms with Crippen molar-refractivity contribution in [1.82, 2.24) is 4.57 Å². The zero-order chi connectivity index (χ0) is 16.7. The Balaban J connectivity index is 1.98. The lowest BCUT2D eigenvalue weighted by Crippen LogP contribution is -2.10. The molecule has 0 bridgehead atoms. The van der Waals surface area contributed by atoms with Crippen molar-refractivity contribution in [2.75, 3.05) is 7.11 Å². The second-order valence-corrected chi connectivity index (χ2v) is 5.83.